The Balaban J connectivity index is 2.26. The third-order valence-corrected chi connectivity index (χ3v) is 3.62. The maximum Gasteiger partial charge on any atom is 0.159 e. The summed E-state index contributed by atoms with van der Waals surface area (Å²) in [5.74, 6) is 0.361. The number of nitrogens with one attached hydrogen (secondary N) is 1. The van der Waals surface area contributed by atoms with E-state index in [1.165, 1.54) is 13.0 Å². The molecular weight excluding hydrogens is 326 g/mol. The van der Waals surface area contributed by atoms with Crippen LogP contribution in [0.15, 0.2) is 42.5 Å². The number of hydrogen-bond donors (Lipinski definition) is 1. The van der Waals surface area contributed by atoms with Gasteiger partial charge in [0.15, 0.2) is 5.78 Å². The van der Waals surface area contributed by atoms with Crippen LogP contribution in [0.25, 0.3) is 0 Å². The molecule has 0 aliphatic rings. The van der Waals surface area contributed by atoms with Crippen molar-refractivity contribution >= 4 is 34.3 Å². The Morgan fingerprint density at radius 2 is 2.05 bits per heavy atom. The normalized spacial score (nSPS) is 11.8. The Hall–Kier alpha value is -1.89. The van der Waals surface area contributed by atoms with Gasteiger partial charge >= 0.3 is 0 Å². The Bertz CT molecular complexity index is 720. The molecule has 1 N–H and O–H groups in total. The smallest absolute Gasteiger partial charge is 0.159 e. The Morgan fingerprint density at radius 1 is 1.32 bits per heavy atom. The summed E-state index contributed by atoms with van der Waals surface area (Å²) < 4.78 is 29.5. The number of halogens is 1. The number of rotatable bonds is 6. The number of ether oxygens (including phenoxy) is 1. The number of carbonyl (C=O) groups excluding carboxylic acids is 1. The van der Waals surface area contributed by atoms with E-state index in [2.05, 4.69) is 4.72 Å². The van der Waals surface area contributed by atoms with Crippen LogP contribution in [-0.2, 0) is 17.9 Å². The second-order valence-corrected chi connectivity index (χ2v) is 5.56. The number of ketones is 1. The zero-order valence-corrected chi connectivity index (χ0v) is 13.2. The van der Waals surface area contributed by atoms with Gasteiger partial charge in [-0.1, -0.05) is 23.7 Å². The van der Waals surface area contributed by atoms with Crippen molar-refractivity contribution in [3.05, 3.63) is 58.6 Å². The molecule has 0 bridgehead atoms. The summed E-state index contributed by atoms with van der Waals surface area (Å²) in [6.45, 7) is 1.51. The lowest BCUT2D eigenvalue weighted by atomic mass is 10.1. The van der Waals surface area contributed by atoms with Crippen molar-refractivity contribution in [1.29, 1.82) is 0 Å². The van der Waals surface area contributed by atoms with Crippen LogP contribution in [0.3, 0.4) is 0 Å². The number of carbonyl (C=O) groups is 1. The van der Waals surface area contributed by atoms with Crippen molar-refractivity contribution in [2.75, 3.05) is 4.72 Å². The summed E-state index contributed by atoms with van der Waals surface area (Å²) in [4.78, 5) is 11.5. The highest BCUT2D eigenvalue weighted by Crippen LogP contribution is 2.26. The van der Waals surface area contributed by atoms with E-state index in [0.717, 1.165) is 0 Å². The molecule has 0 amide bonds. The summed E-state index contributed by atoms with van der Waals surface area (Å²) in [5.41, 5.74) is 1.36. The van der Waals surface area contributed by atoms with E-state index >= 15 is 0 Å². The highest BCUT2D eigenvalue weighted by molar-refractivity contribution is 7.80. The van der Waals surface area contributed by atoms with Crippen molar-refractivity contribution in [2.24, 2.45) is 0 Å². The molecule has 0 aliphatic heterocycles. The fourth-order valence-electron chi connectivity index (χ4n) is 1.84. The SMILES string of the molecule is CC(=O)c1ccc(NS(=O)[O-])c(COc2ccccc2Cl)c1. The second-order valence-electron chi connectivity index (χ2n) is 4.48. The zero-order valence-electron chi connectivity index (χ0n) is 11.7. The lowest BCUT2D eigenvalue weighted by Crippen LogP contribution is -2.08. The van der Waals surface area contributed by atoms with Gasteiger partial charge in [-0.2, -0.15) is 0 Å². The van der Waals surface area contributed by atoms with Crippen molar-refractivity contribution < 1.29 is 18.3 Å². The molecule has 0 saturated carbocycles. The quantitative estimate of drug-likeness (QED) is 0.647. The third-order valence-electron chi connectivity index (χ3n) is 2.92. The van der Waals surface area contributed by atoms with E-state index in [-0.39, 0.29) is 12.4 Å². The van der Waals surface area contributed by atoms with Crippen molar-refractivity contribution in [2.45, 2.75) is 13.5 Å². The lowest BCUT2D eigenvalue weighted by molar-refractivity contribution is 0.101. The number of hydrogen-bond acceptors (Lipinski definition) is 4. The third kappa shape index (κ3) is 4.30. The molecule has 7 heteroatoms. The van der Waals surface area contributed by atoms with Gasteiger partial charge < -0.3 is 14.0 Å². The maximum atomic E-state index is 11.5. The van der Waals surface area contributed by atoms with Crippen LogP contribution in [0.4, 0.5) is 5.69 Å². The van der Waals surface area contributed by atoms with E-state index in [1.54, 1.807) is 36.4 Å². The average Bonchev–Trinajstić information content (AvgIpc) is 2.47. The summed E-state index contributed by atoms with van der Waals surface area (Å²) >= 11 is 3.54. The van der Waals surface area contributed by atoms with E-state index in [4.69, 9.17) is 16.3 Å². The van der Waals surface area contributed by atoms with Crippen LogP contribution in [-0.4, -0.2) is 14.5 Å². The van der Waals surface area contributed by atoms with E-state index in [0.29, 0.717) is 27.6 Å². The molecule has 2 rings (SSSR count). The molecule has 5 nitrogen and oxygen atoms in total. The Morgan fingerprint density at radius 3 is 2.68 bits per heavy atom. The lowest BCUT2D eigenvalue weighted by Gasteiger charge is -2.15. The first kappa shape index (κ1) is 16.5. The zero-order chi connectivity index (χ0) is 16.1. The summed E-state index contributed by atoms with van der Waals surface area (Å²) in [5, 5.41) is 0.451. The minimum Gasteiger partial charge on any atom is -0.755 e. The molecule has 0 aromatic heterocycles. The van der Waals surface area contributed by atoms with Gasteiger partial charge in [-0.25, -0.2) is 0 Å². The number of para-hydroxylation sites is 1. The molecule has 2 aromatic carbocycles. The van der Waals surface area contributed by atoms with Gasteiger partial charge in [-0.3, -0.25) is 9.00 Å². The first-order valence-electron chi connectivity index (χ1n) is 6.34. The predicted molar refractivity (Wildman–Crippen MR) is 84.8 cm³/mol. The van der Waals surface area contributed by atoms with Gasteiger partial charge in [0, 0.05) is 22.4 Å². The molecular formula is C15H13ClNO4S-. The fraction of sp³-hybridized carbons (Fsp3) is 0.133. The van der Waals surface area contributed by atoms with Gasteiger partial charge in [0.25, 0.3) is 0 Å². The summed E-state index contributed by atoms with van der Waals surface area (Å²) in [6.07, 6.45) is 0. The molecule has 22 heavy (non-hydrogen) atoms. The summed E-state index contributed by atoms with van der Waals surface area (Å²) in [7, 11) is 0. The predicted octanol–water partition coefficient (Wildman–Crippen LogP) is 3.33. The van der Waals surface area contributed by atoms with E-state index in [1.807, 2.05) is 0 Å². The van der Waals surface area contributed by atoms with Crippen LogP contribution in [0.5, 0.6) is 5.75 Å². The van der Waals surface area contributed by atoms with E-state index in [9.17, 15) is 13.6 Å². The Labute approximate surface area is 135 Å². The van der Waals surface area contributed by atoms with Gasteiger partial charge in [0.1, 0.15) is 12.4 Å². The molecule has 0 radical (unpaired) electrons. The molecule has 116 valence electrons. The fourth-order valence-corrected chi connectivity index (χ4v) is 2.41. The number of anilines is 1. The molecule has 0 fully saturated rings. The second kappa shape index (κ2) is 7.40. The summed E-state index contributed by atoms with van der Waals surface area (Å²) in [6, 6.07) is 11.6. The van der Waals surface area contributed by atoms with Crippen LogP contribution >= 0.6 is 11.6 Å². The monoisotopic (exact) mass is 338 g/mol. The maximum absolute atomic E-state index is 11.5. The van der Waals surface area contributed by atoms with Crippen LogP contribution in [0.1, 0.15) is 22.8 Å². The first-order chi connectivity index (χ1) is 10.5. The minimum absolute atomic E-state index is 0.0738. The van der Waals surface area contributed by atoms with Gasteiger partial charge in [-0.15, -0.1) is 0 Å². The topological polar surface area (TPSA) is 78.5 Å². The Kier molecular flexibility index (Phi) is 5.54. The van der Waals surface area contributed by atoms with Crippen LogP contribution < -0.4 is 9.46 Å². The molecule has 0 aliphatic carbocycles. The van der Waals surface area contributed by atoms with Crippen molar-refractivity contribution in [1.82, 2.24) is 0 Å². The van der Waals surface area contributed by atoms with Gasteiger partial charge in [0.05, 0.1) is 10.7 Å². The largest absolute Gasteiger partial charge is 0.755 e. The highest BCUT2D eigenvalue weighted by Gasteiger charge is 2.09. The molecule has 0 heterocycles. The highest BCUT2D eigenvalue weighted by atomic mass is 35.5. The molecule has 1 atom stereocenters. The van der Waals surface area contributed by atoms with Gasteiger partial charge in [0.2, 0.25) is 0 Å². The average molecular weight is 339 g/mol. The molecule has 0 spiro atoms. The van der Waals surface area contributed by atoms with Crippen LogP contribution in [0, 0.1) is 0 Å². The molecule has 0 saturated heterocycles. The minimum atomic E-state index is -2.46. The molecule has 2 aromatic rings. The standard InChI is InChI=1S/C15H14ClNO4S/c1-10(18)11-6-7-14(17-22(19)20)12(8-11)9-21-15-5-3-2-4-13(15)16/h2-8,17H,9H2,1H3,(H,19,20)/p-1. The van der Waals surface area contributed by atoms with Crippen LogP contribution in [0.2, 0.25) is 5.02 Å². The van der Waals surface area contributed by atoms with Crippen molar-refractivity contribution in [3.8, 4) is 5.75 Å². The first-order valence-corrected chi connectivity index (χ1v) is 7.80. The number of benzene rings is 2. The number of Topliss-reactive ketones (excluding diaryl/α,β-unsaturated/α-hetero) is 1. The van der Waals surface area contributed by atoms with E-state index < -0.39 is 11.3 Å². The molecule has 1 unspecified atom stereocenters. The van der Waals surface area contributed by atoms with Crippen molar-refractivity contribution in [3.63, 3.8) is 0 Å². The van der Waals surface area contributed by atoms with Gasteiger partial charge in [-0.05, 0) is 37.3 Å².